The highest BCUT2D eigenvalue weighted by Gasteiger charge is 2.22. The maximum atomic E-state index is 5.98. The molecule has 2 N–H and O–H groups in total. The second-order valence-corrected chi connectivity index (χ2v) is 7.55. The Kier molecular flexibility index (Phi) is 5.55. The summed E-state index contributed by atoms with van der Waals surface area (Å²) in [4.78, 5) is 2.54. The van der Waals surface area contributed by atoms with Gasteiger partial charge in [0.15, 0.2) is 0 Å². The Balaban J connectivity index is 1.37. The third kappa shape index (κ3) is 4.23. The van der Waals surface area contributed by atoms with Crippen LogP contribution in [0.25, 0.3) is 11.1 Å². The molecule has 3 aromatic carbocycles. The number of hydrogen-bond donors (Lipinski definition) is 1. The smallest absolute Gasteiger partial charge is 0.0398 e. The zero-order chi connectivity index (χ0) is 18.5. The van der Waals surface area contributed by atoms with Crippen molar-refractivity contribution < 1.29 is 0 Å². The number of benzene rings is 3. The van der Waals surface area contributed by atoms with Gasteiger partial charge in [0, 0.05) is 18.8 Å². The Morgan fingerprint density at radius 2 is 1.52 bits per heavy atom. The minimum atomic E-state index is 0.574. The molecule has 0 aromatic heterocycles. The number of aryl methyl sites for hydroxylation is 1. The van der Waals surface area contributed by atoms with E-state index in [0.717, 1.165) is 38.9 Å². The summed E-state index contributed by atoms with van der Waals surface area (Å²) < 4.78 is 0. The first kappa shape index (κ1) is 17.8. The Bertz CT molecular complexity index is 855. The number of hydrogen-bond acceptors (Lipinski definition) is 2. The minimum Gasteiger partial charge on any atom is -0.371 e. The second-order valence-electron chi connectivity index (χ2n) is 7.55. The van der Waals surface area contributed by atoms with E-state index < -0.39 is 0 Å². The normalized spacial score (nSPS) is 16.2. The first-order valence-electron chi connectivity index (χ1n) is 10.0. The third-order valence-corrected chi connectivity index (χ3v) is 5.61. The number of para-hydroxylation sites is 1. The molecule has 1 heterocycles. The number of nitrogens with zero attached hydrogens (tertiary/aromatic N) is 1. The van der Waals surface area contributed by atoms with Crippen LogP contribution in [0.3, 0.4) is 0 Å². The van der Waals surface area contributed by atoms with Crippen molar-refractivity contribution in [1.29, 1.82) is 0 Å². The highest BCUT2D eigenvalue weighted by atomic mass is 15.1. The van der Waals surface area contributed by atoms with Crippen molar-refractivity contribution in [2.24, 2.45) is 11.7 Å². The second kappa shape index (κ2) is 8.41. The van der Waals surface area contributed by atoms with Crippen LogP contribution >= 0.6 is 0 Å². The van der Waals surface area contributed by atoms with Gasteiger partial charge in [0.2, 0.25) is 0 Å². The van der Waals surface area contributed by atoms with E-state index in [4.69, 9.17) is 5.73 Å². The van der Waals surface area contributed by atoms with Gasteiger partial charge in [-0.25, -0.2) is 0 Å². The van der Waals surface area contributed by atoms with Gasteiger partial charge in [-0.15, -0.1) is 0 Å². The van der Waals surface area contributed by atoms with Crippen LogP contribution in [0.4, 0.5) is 5.69 Å². The molecule has 27 heavy (non-hydrogen) atoms. The molecule has 3 aromatic rings. The standard InChI is InChI=1S/C25H28N2/c26-18-21-17-24-10-4-5-11-25(24)27(19-21)16-6-7-20-12-14-23(15-13-20)22-8-2-1-3-9-22/h1-5,8-15,21H,6-7,16-19,26H2. The zero-order valence-corrected chi connectivity index (χ0v) is 15.9. The van der Waals surface area contributed by atoms with Gasteiger partial charge in [-0.05, 0) is 60.0 Å². The van der Waals surface area contributed by atoms with Crippen molar-refractivity contribution in [2.45, 2.75) is 19.3 Å². The van der Waals surface area contributed by atoms with Gasteiger partial charge in [0.1, 0.15) is 0 Å². The molecule has 1 unspecified atom stereocenters. The molecule has 1 aliphatic heterocycles. The van der Waals surface area contributed by atoms with Crippen LogP contribution in [0.2, 0.25) is 0 Å². The number of nitrogens with two attached hydrogens (primary N) is 1. The van der Waals surface area contributed by atoms with Crippen molar-refractivity contribution in [3.8, 4) is 11.1 Å². The van der Waals surface area contributed by atoms with E-state index in [0.29, 0.717) is 5.92 Å². The Labute approximate surface area is 162 Å². The first-order chi connectivity index (χ1) is 13.3. The molecule has 2 nitrogen and oxygen atoms in total. The molecule has 0 aliphatic carbocycles. The fraction of sp³-hybridized carbons (Fsp3) is 0.280. The monoisotopic (exact) mass is 356 g/mol. The lowest BCUT2D eigenvalue weighted by Crippen LogP contribution is -2.39. The van der Waals surface area contributed by atoms with E-state index in [-0.39, 0.29) is 0 Å². The lowest BCUT2D eigenvalue weighted by atomic mass is 9.92. The summed E-state index contributed by atoms with van der Waals surface area (Å²) >= 11 is 0. The molecule has 1 atom stereocenters. The van der Waals surface area contributed by atoms with Crippen LogP contribution in [0, 0.1) is 5.92 Å². The van der Waals surface area contributed by atoms with Gasteiger partial charge in [0.25, 0.3) is 0 Å². The average molecular weight is 357 g/mol. The van der Waals surface area contributed by atoms with Gasteiger partial charge in [-0.1, -0.05) is 72.8 Å². The van der Waals surface area contributed by atoms with E-state index in [9.17, 15) is 0 Å². The van der Waals surface area contributed by atoms with Crippen molar-refractivity contribution in [2.75, 3.05) is 24.5 Å². The van der Waals surface area contributed by atoms with E-state index in [1.807, 2.05) is 0 Å². The van der Waals surface area contributed by atoms with Crippen molar-refractivity contribution >= 4 is 5.69 Å². The van der Waals surface area contributed by atoms with Crippen molar-refractivity contribution in [1.82, 2.24) is 0 Å². The first-order valence-corrected chi connectivity index (χ1v) is 10.0. The van der Waals surface area contributed by atoms with E-state index in [1.165, 1.54) is 27.9 Å². The Morgan fingerprint density at radius 1 is 0.815 bits per heavy atom. The molecule has 0 amide bonds. The van der Waals surface area contributed by atoms with Crippen LogP contribution in [0.15, 0.2) is 78.9 Å². The predicted molar refractivity (Wildman–Crippen MR) is 115 cm³/mol. The maximum absolute atomic E-state index is 5.98. The molecular formula is C25H28N2. The molecular weight excluding hydrogens is 328 g/mol. The van der Waals surface area contributed by atoms with Crippen LogP contribution in [-0.2, 0) is 12.8 Å². The maximum Gasteiger partial charge on any atom is 0.0398 e. The average Bonchev–Trinajstić information content (AvgIpc) is 2.74. The summed E-state index contributed by atoms with van der Waals surface area (Å²) in [5.74, 6) is 0.574. The summed E-state index contributed by atoms with van der Waals surface area (Å²) in [6.07, 6.45) is 3.39. The van der Waals surface area contributed by atoms with E-state index in [1.54, 1.807) is 0 Å². The molecule has 2 heteroatoms. The highest BCUT2D eigenvalue weighted by molar-refractivity contribution is 5.63. The lowest BCUT2D eigenvalue weighted by molar-refractivity contribution is 0.495. The van der Waals surface area contributed by atoms with E-state index in [2.05, 4.69) is 83.8 Å². The van der Waals surface area contributed by atoms with Gasteiger partial charge in [-0.2, -0.15) is 0 Å². The topological polar surface area (TPSA) is 29.3 Å². The van der Waals surface area contributed by atoms with Crippen LogP contribution in [0.1, 0.15) is 17.5 Å². The Hall–Kier alpha value is -2.58. The molecule has 0 spiro atoms. The number of anilines is 1. The molecule has 0 saturated carbocycles. The van der Waals surface area contributed by atoms with Crippen LogP contribution in [0.5, 0.6) is 0 Å². The van der Waals surface area contributed by atoms with Crippen LogP contribution < -0.4 is 10.6 Å². The lowest BCUT2D eigenvalue weighted by Gasteiger charge is -2.36. The summed E-state index contributed by atoms with van der Waals surface area (Å²) in [6, 6.07) is 28.4. The largest absolute Gasteiger partial charge is 0.371 e. The van der Waals surface area contributed by atoms with Crippen LogP contribution in [-0.4, -0.2) is 19.6 Å². The summed E-state index contributed by atoms with van der Waals surface area (Å²) in [5.41, 5.74) is 12.8. The van der Waals surface area contributed by atoms with Gasteiger partial charge >= 0.3 is 0 Å². The number of rotatable bonds is 6. The molecule has 4 rings (SSSR count). The fourth-order valence-electron chi connectivity index (χ4n) is 4.12. The highest BCUT2D eigenvalue weighted by Crippen LogP contribution is 2.29. The van der Waals surface area contributed by atoms with Crippen molar-refractivity contribution in [3.05, 3.63) is 90.0 Å². The SMILES string of the molecule is NCC1Cc2ccccc2N(CCCc2ccc(-c3ccccc3)cc2)C1. The number of fused-ring (bicyclic) bond motifs is 1. The van der Waals surface area contributed by atoms with E-state index >= 15 is 0 Å². The molecule has 0 fully saturated rings. The molecule has 0 radical (unpaired) electrons. The Morgan fingerprint density at radius 3 is 2.30 bits per heavy atom. The summed E-state index contributed by atoms with van der Waals surface area (Å²) in [7, 11) is 0. The molecule has 0 bridgehead atoms. The molecule has 1 aliphatic rings. The zero-order valence-electron chi connectivity index (χ0n) is 15.9. The quantitative estimate of drug-likeness (QED) is 0.679. The fourth-order valence-corrected chi connectivity index (χ4v) is 4.12. The molecule has 138 valence electrons. The summed E-state index contributed by atoms with van der Waals surface area (Å²) in [5, 5.41) is 0. The molecule has 0 saturated heterocycles. The van der Waals surface area contributed by atoms with Gasteiger partial charge in [0.05, 0.1) is 0 Å². The minimum absolute atomic E-state index is 0.574. The van der Waals surface area contributed by atoms with Crippen molar-refractivity contribution in [3.63, 3.8) is 0 Å². The third-order valence-electron chi connectivity index (χ3n) is 5.61. The van der Waals surface area contributed by atoms with Gasteiger partial charge in [-0.3, -0.25) is 0 Å². The van der Waals surface area contributed by atoms with Gasteiger partial charge < -0.3 is 10.6 Å². The summed E-state index contributed by atoms with van der Waals surface area (Å²) in [6.45, 7) is 2.94. The predicted octanol–water partition coefficient (Wildman–Crippen LogP) is 4.92.